The predicted octanol–water partition coefficient (Wildman–Crippen LogP) is 3.98. The van der Waals surface area contributed by atoms with Gasteiger partial charge in [0.05, 0.1) is 23.5 Å². The third-order valence-electron chi connectivity index (χ3n) is 2.73. The van der Waals surface area contributed by atoms with Gasteiger partial charge in [0.2, 0.25) is 0 Å². The fraction of sp³-hybridized carbons (Fsp3) is 0.143. The normalized spacial score (nSPS) is 10.2. The molecule has 0 unspecified atom stereocenters. The van der Waals surface area contributed by atoms with Crippen LogP contribution in [0.5, 0.6) is 5.75 Å². The second-order valence-electron chi connectivity index (χ2n) is 4.01. The third-order valence-corrected chi connectivity index (χ3v) is 3.06. The van der Waals surface area contributed by atoms with Crippen molar-refractivity contribution in [3.05, 3.63) is 47.0 Å². The molecule has 0 atom stereocenters. The van der Waals surface area contributed by atoms with Gasteiger partial charge in [-0.2, -0.15) is 0 Å². The summed E-state index contributed by atoms with van der Waals surface area (Å²) in [4.78, 5) is 0. The summed E-state index contributed by atoms with van der Waals surface area (Å²) >= 11 is 5.97. The Labute approximate surface area is 112 Å². The topological polar surface area (TPSA) is 47.3 Å². The van der Waals surface area contributed by atoms with Crippen molar-refractivity contribution in [1.29, 1.82) is 0 Å². The molecule has 0 aromatic heterocycles. The second-order valence-corrected chi connectivity index (χ2v) is 4.42. The summed E-state index contributed by atoms with van der Waals surface area (Å²) in [5.74, 6) is 0.861. The number of methoxy groups -OCH3 is 1. The quantitative estimate of drug-likeness (QED) is 0.823. The number of benzene rings is 2. The van der Waals surface area contributed by atoms with Gasteiger partial charge in [0.1, 0.15) is 5.75 Å². The molecule has 0 saturated heterocycles. The molecule has 4 heteroatoms. The maximum Gasteiger partial charge on any atom is 0.121 e. The number of rotatable bonds is 3. The number of hydrogen-bond acceptors (Lipinski definition) is 3. The van der Waals surface area contributed by atoms with Crippen LogP contribution in [0, 0.1) is 6.92 Å². The van der Waals surface area contributed by atoms with Gasteiger partial charge in [0.25, 0.3) is 0 Å². The summed E-state index contributed by atoms with van der Waals surface area (Å²) in [6.07, 6.45) is 0. The summed E-state index contributed by atoms with van der Waals surface area (Å²) in [5.41, 5.74) is 9.26. The highest BCUT2D eigenvalue weighted by Crippen LogP contribution is 2.30. The molecule has 2 aromatic carbocycles. The summed E-state index contributed by atoms with van der Waals surface area (Å²) in [6.45, 7) is 1.99. The smallest absolute Gasteiger partial charge is 0.121 e. The van der Waals surface area contributed by atoms with Crippen molar-refractivity contribution in [2.75, 3.05) is 18.2 Å². The number of para-hydroxylation sites is 1. The maximum absolute atomic E-state index is 5.97. The fourth-order valence-corrected chi connectivity index (χ4v) is 1.93. The molecule has 0 spiro atoms. The van der Waals surface area contributed by atoms with E-state index in [2.05, 4.69) is 5.32 Å². The van der Waals surface area contributed by atoms with E-state index in [1.807, 2.05) is 37.3 Å². The lowest BCUT2D eigenvalue weighted by Crippen LogP contribution is -1.97. The van der Waals surface area contributed by atoms with Crippen molar-refractivity contribution in [3.63, 3.8) is 0 Å². The molecule has 0 heterocycles. The van der Waals surface area contributed by atoms with E-state index in [1.54, 1.807) is 13.2 Å². The molecular formula is C14H15ClN2O. The highest BCUT2D eigenvalue weighted by atomic mass is 35.5. The Hall–Kier alpha value is -1.87. The molecule has 2 aromatic rings. The first-order valence-corrected chi connectivity index (χ1v) is 5.95. The van der Waals surface area contributed by atoms with E-state index in [4.69, 9.17) is 22.1 Å². The molecule has 94 valence electrons. The lowest BCUT2D eigenvalue weighted by molar-refractivity contribution is 0.412. The first-order valence-electron chi connectivity index (χ1n) is 5.57. The van der Waals surface area contributed by atoms with Gasteiger partial charge in [-0.25, -0.2) is 0 Å². The Morgan fingerprint density at radius 1 is 1.22 bits per heavy atom. The van der Waals surface area contributed by atoms with Crippen molar-refractivity contribution in [1.82, 2.24) is 0 Å². The van der Waals surface area contributed by atoms with Crippen LogP contribution in [0.2, 0.25) is 5.02 Å². The number of aryl methyl sites for hydroxylation is 1. The molecule has 3 nitrogen and oxygen atoms in total. The average molecular weight is 263 g/mol. The van der Waals surface area contributed by atoms with Crippen LogP contribution < -0.4 is 15.8 Å². The Morgan fingerprint density at radius 2 is 2.00 bits per heavy atom. The zero-order chi connectivity index (χ0) is 13.1. The lowest BCUT2D eigenvalue weighted by Gasteiger charge is -2.12. The van der Waals surface area contributed by atoms with Gasteiger partial charge in [0.15, 0.2) is 0 Å². The minimum absolute atomic E-state index is 0.547. The minimum atomic E-state index is 0.547. The van der Waals surface area contributed by atoms with E-state index in [0.29, 0.717) is 10.7 Å². The molecule has 3 N–H and O–H groups in total. The first kappa shape index (κ1) is 12.6. The summed E-state index contributed by atoms with van der Waals surface area (Å²) in [6, 6.07) is 11.4. The molecule has 0 fully saturated rings. The molecule has 0 bridgehead atoms. The number of nitrogens with one attached hydrogen (secondary N) is 1. The Morgan fingerprint density at radius 3 is 2.67 bits per heavy atom. The number of nitrogen functional groups attached to an aromatic ring is 1. The van der Waals surface area contributed by atoms with E-state index in [-0.39, 0.29) is 0 Å². The van der Waals surface area contributed by atoms with E-state index >= 15 is 0 Å². The van der Waals surface area contributed by atoms with Crippen molar-refractivity contribution >= 4 is 28.7 Å². The molecule has 0 aliphatic carbocycles. The van der Waals surface area contributed by atoms with E-state index < -0.39 is 0 Å². The highest BCUT2D eigenvalue weighted by Gasteiger charge is 2.04. The van der Waals surface area contributed by atoms with Gasteiger partial charge in [-0.1, -0.05) is 17.7 Å². The molecule has 0 radical (unpaired) electrons. The van der Waals surface area contributed by atoms with E-state index in [9.17, 15) is 0 Å². The van der Waals surface area contributed by atoms with Gasteiger partial charge in [-0.3, -0.25) is 0 Å². The molecule has 0 amide bonds. The molecule has 18 heavy (non-hydrogen) atoms. The van der Waals surface area contributed by atoms with Crippen molar-refractivity contribution in [3.8, 4) is 5.75 Å². The van der Waals surface area contributed by atoms with Gasteiger partial charge < -0.3 is 15.8 Å². The molecule has 0 aliphatic heterocycles. The lowest BCUT2D eigenvalue weighted by atomic mass is 10.2. The Bertz CT molecular complexity index is 570. The third kappa shape index (κ3) is 2.51. The summed E-state index contributed by atoms with van der Waals surface area (Å²) in [5, 5.41) is 3.79. The van der Waals surface area contributed by atoms with Crippen LogP contribution in [-0.4, -0.2) is 7.11 Å². The van der Waals surface area contributed by atoms with Gasteiger partial charge in [-0.15, -0.1) is 0 Å². The number of anilines is 3. The van der Waals surface area contributed by atoms with Crippen LogP contribution in [0.15, 0.2) is 36.4 Å². The van der Waals surface area contributed by atoms with Crippen LogP contribution in [-0.2, 0) is 0 Å². The average Bonchev–Trinajstić information content (AvgIpc) is 2.35. The summed E-state index contributed by atoms with van der Waals surface area (Å²) in [7, 11) is 1.66. The monoisotopic (exact) mass is 262 g/mol. The van der Waals surface area contributed by atoms with Gasteiger partial charge >= 0.3 is 0 Å². The fourth-order valence-electron chi connectivity index (χ4n) is 1.76. The number of nitrogens with two attached hydrogens (primary N) is 1. The van der Waals surface area contributed by atoms with Crippen molar-refractivity contribution < 1.29 is 4.74 Å². The number of ether oxygens (including phenoxy) is 1. The van der Waals surface area contributed by atoms with Crippen LogP contribution in [0.4, 0.5) is 17.1 Å². The van der Waals surface area contributed by atoms with Crippen LogP contribution in [0.1, 0.15) is 5.56 Å². The Balaban J connectivity index is 2.29. The molecular weight excluding hydrogens is 248 g/mol. The van der Waals surface area contributed by atoms with Crippen LogP contribution in [0.25, 0.3) is 0 Å². The van der Waals surface area contributed by atoms with Gasteiger partial charge in [0, 0.05) is 5.69 Å². The minimum Gasteiger partial charge on any atom is -0.496 e. The Kier molecular flexibility index (Phi) is 3.63. The standard InChI is InChI=1S/C14H15ClN2O/c1-9-8-10(6-7-13(9)18-2)17-12-5-3-4-11(15)14(12)16/h3-8,17H,16H2,1-2H3. The van der Waals surface area contributed by atoms with E-state index in [0.717, 1.165) is 22.7 Å². The predicted molar refractivity (Wildman–Crippen MR) is 76.9 cm³/mol. The molecule has 0 saturated carbocycles. The zero-order valence-corrected chi connectivity index (χ0v) is 11.1. The number of hydrogen-bond donors (Lipinski definition) is 2. The molecule has 2 rings (SSSR count). The van der Waals surface area contributed by atoms with Crippen molar-refractivity contribution in [2.45, 2.75) is 6.92 Å². The molecule has 0 aliphatic rings. The number of halogens is 1. The highest BCUT2D eigenvalue weighted by molar-refractivity contribution is 6.33. The largest absolute Gasteiger partial charge is 0.496 e. The maximum atomic E-state index is 5.97. The van der Waals surface area contributed by atoms with Crippen LogP contribution >= 0.6 is 11.6 Å². The first-order chi connectivity index (χ1) is 8.61. The van der Waals surface area contributed by atoms with Gasteiger partial charge in [-0.05, 0) is 42.8 Å². The summed E-state index contributed by atoms with van der Waals surface area (Å²) < 4.78 is 5.22. The van der Waals surface area contributed by atoms with Crippen LogP contribution in [0.3, 0.4) is 0 Å². The SMILES string of the molecule is COc1ccc(Nc2cccc(Cl)c2N)cc1C. The van der Waals surface area contributed by atoms with E-state index in [1.165, 1.54) is 0 Å². The van der Waals surface area contributed by atoms with Crippen molar-refractivity contribution in [2.24, 2.45) is 0 Å². The second kappa shape index (κ2) is 5.19. The zero-order valence-electron chi connectivity index (χ0n) is 10.3.